The van der Waals surface area contributed by atoms with Gasteiger partial charge in [0.05, 0.1) is 11.0 Å². The fraction of sp³-hybridized carbons (Fsp3) is 0.350. The van der Waals surface area contributed by atoms with Crippen molar-refractivity contribution < 1.29 is 12.8 Å². The highest BCUT2D eigenvalue weighted by Gasteiger charge is 2.32. The third-order valence-electron chi connectivity index (χ3n) is 5.01. The number of halogens is 1. The number of hydrogen-bond acceptors (Lipinski definition) is 4. The van der Waals surface area contributed by atoms with Gasteiger partial charge >= 0.3 is 0 Å². The number of aryl methyl sites for hydroxylation is 2. The zero-order valence-corrected chi connectivity index (χ0v) is 16.2. The Bertz CT molecular complexity index is 977. The molecule has 1 fully saturated rings. The Kier molecular flexibility index (Phi) is 5.61. The van der Waals surface area contributed by atoms with Crippen molar-refractivity contribution in [1.29, 1.82) is 5.26 Å². The van der Waals surface area contributed by atoms with Crippen LogP contribution in [0.3, 0.4) is 0 Å². The van der Waals surface area contributed by atoms with E-state index < -0.39 is 21.9 Å². The van der Waals surface area contributed by atoms with Crippen molar-refractivity contribution in [2.24, 2.45) is 0 Å². The molecule has 142 valence electrons. The molecule has 0 aliphatic carbocycles. The number of sulfonamides is 1. The Labute approximate surface area is 159 Å². The summed E-state index contributed by atoms with van der Waals surface area (Å²) in [6.45, 7) is 5.03. The lowest BCUT2D eigenvalue weighted by molar-refractivity contribution is 0.162. The molecule has 0 aromatic heterocycles. The average Bonchev–Trinajstić information content (AvgIpc) is 2.66. The molecule has 0 amide bonds. The molecule has 1 atom stereocenters. The van der Waals surface area contributed by atoms with Crippen LogP contribution in [0.25, 0.3) is 0 Å². The van der Waals surface area contributed by atoms with Gasteiger partial charge in [-0.2, -0.15) is 9.57 Å². The van der Waals surface area contributed by atoms with Crippen molar-refractivity contribution in [3.8, 4) is 6.07 Å². The van der Waals surface area contributed by atoms with Crippen molar-refractivity contribution in [3.63, 3.8) is 0 Å². The van der Waals surface area contributed by atoms with Crippen LogP contribution in [-0.4, -0.2) is 43.8 Å². The minimum absolute atomic E-state index is 0.102. The van der Waals surface area contributed by atoms with Gasteiger partial charge in [-0.05, 0) is 48.7 Å². The lowest BCUT2D eigenvalue weighted by atomic mass is 10.0. The Morgan fingerprint density at radius 3 is 2.30 bits per heavy atom. The van der Waals surface area contributed by atoms with Gasteiger partial charge < -0.3 is 0 Å². The van der Waals surface area contributed by atoms with E-state index in [9.17, 15) is 18.1 Å². The molecule has 7 heteroatoms. The van der Waals surface area contributed by atoms with Gasteiger partial charge in [-0.25, -0.2) is 12.8 Å². The SMILES string of the molecule is Cc1cc(S(=O)(=O)N2CCN(C(C#N)c3ccccc3C)CC2)ccc1F. The van der Waals surface area contributed by atoms with Crippen LogP contribution in [0.4, 0.5) is 4.39 Å². The largest absolute Gasteiger partial charge is 0.282 e. The molecule has 5 nitrogen and oxygen atoms in total. The molecule has 0 spiro atoms. The molecule has 1 aliphatic heterocycles. The van der Waals surface area contributed by atoms with Gasteiger partial charge in [0, 0.05) is 26.2 Å². The van der Waals surface area contributed by atoms with E-state index in [4.69, 9.17) is 0 Å². The van der Waals surface area contributed by atoms with Gasteiger partial charge in [0.25, 0.3) is 0 Å². The van der Waals surface area contributed by atoms with Crippen LogP contribution in [0.15, 0.2) is 47.4 Å². The van der Waals surface area contributed by atoms with E-state index in [1.54, 1.807) is 6.92 Å². The van der Waals surface area contributed by atoms with Crippen molar-refractivity contribution in [3.05, 3.63) is 65.0 Å². The number of hydrogen-bond donors (Lipinski definition) is 0. The summed E-state index contributed by atoms with van der Waals surface area (Å²) >= 11 is 0. The summed E-state index contributed by atoms with van der Waals surface area (Å²) in [5.41, 5.74) is 2.30. The molecular formula is C20H22FN3O2S. The van der Waals surface area contributed by atoms with E-state index >= 15 is 0 Å². The van der Waals surface area contributed by atoms with Gasteiger partial charge in [0.1, 0.15) is 11.9 Å². The number of nitrogens with zero attached hydrogens (tertiary/aromatic N) is 3. The Morgan fingerprint density at radius 1 is 1.04 bits per heavy atom. The van der Waals surface area contributed by atoms with Crippen molar-refractivity contribution >= 4 is 10.0 Å². The summed E-state index contributed by atoms with van der Waals surface area (Å²) in [6, 6.07) is 13.5. The highest BCUT2D eigenvalue weighted by atomic mass is 32.2. The zero-order valence-electron chi connectivity index (χ0n) is 15.4. The van der Waals surface area contributed by atoms with E-state index in [1.807, 2.05) is 36.1 Å². The summed E-state index contributed by atoms with van der Waals surface area (Å²) < 4.78 is 40.5. The van der Waals surface area contributed by atoms with Crippen LogP contribution in [-0.2, 0) is 10.0 Å². The molecule has 3 rings (SSSR count). The van der Waals surface area contributed by atoms with Gasteiger partial charge in [-0.15, -0.1) is 0 Å². The van der Waals surface area contributed by atoms with Crippen LogP contribution >= 0.6 is 0 Å². The standard InChI is InChI=1S/C20H22FN3O2S/c1-15-5-3-4-6-18(15)20(14-22)23-9-11-24(12-10-23)27(25,26)17-7-8-19(21)16(2)13-17/h3-8,13,20H,9-12H2,1-2H3. The third kappa shape index (κ3) is 3.88. The smallest absolute Gasteiger partial charge is 0.243 e. The molecule has 0 bridgehead atoms. The second kappa shape index (κ2) is 7.77. The topological polar surface area (TPSA) is 64.4 Å². The zero-order chi connectivity index (χ0) is 19.6. The van der Waals surface area contributed by atoms with Crippen LogP contribution < -0.4 is 0 Å². The molecule has 2 aromatic rings. The normalized spacial score (nSPS) is 17.4. The molecule has 27 heavy (non-hydrogen) atoms. The summed E-state index contributed by atoms with van der Waals surface area (Å²) in [6.07, 6.45) is 0. The van der Waals surface area contributed by atoms with Crippen molar-refractivity contribution in [2.75, 3.05) is 26.2 Å². The van der Waals surface area contributed by atoms with Crippen LogP contribution in [0, 0.1) is 31.0 Å². The van der Waals surface area contributed by atoms with Crippen LogP contribution in [0.5, 0.6) is 0 Å². The highest BCUT2D eigenvalue weighted by Crippen LogP contribution is 2.26. The third-order valence-corrected chi connectivity index (χ3v) is 6.91. The summed E-state index contributed by atoms with van der Waals surface area (Å²) in [5, 5.41) is 9.66. The molecule has 1 aliphatic rings. The number of rotatable bonds is 4. The first kappa shape index (κ1) is 19.5. The number of nitriles is 1. The van der Waals surface area contributed by atoms with Gasteiger partial charge in [-0.1, -0.05) is 24.3 Å². The van der Waals surface area contributed by atoms with Gasteiger partial charge in [0.2, 0.25) is 10.0 Å². The fourth-order valence-corrected chi connectivity index (χ4v) is 4.88. The lowest BCUT2D eigenvalue weighted by Gasteiger charge is -2.36. The van der Waals surface area contributed by atoms with E-state index in [0.29, 0.717) is 31.7 Å². The predicted octanol–water partition coefficient (Wildman–Crippen LogP) is 3.01. The first-order chi connectivity index (χ1) is 12.8. The molecule has 0 N–H and O–H groups in total. The number of piperazine rings is 1. The number of benzene rings is 2. The first-order valence-electron chi connectivity index (χ1n) is 8.80. The maximum atomic E-state index is 13.5. The van der Waals surface area contributed by atoms with E-state index in [1.165, 1.54) is 22.5 Å². The molecule has 1 saturated heterocycles. The molecular weight excluding hydrogens is 365 g/mol. The Morgan fingerprint density at radius 2 is 1.70 bits per heavy atom. The van der Waals surface area contributed by atoms with Gasteiger partial charge in [-0.3, -0.25) is 4.90 Å². The Balaban J connectivity index is 1.75. The Hall–Kier alpha value is -2.27. The fourth-order valence-electron chi connectivity index (χ4n) is 3.37. The minimum Gasteiger partial charge on any atom is -0.282 e. The molecule has 1 heterocycles. The van der Waals surface area contributed by atoms with E-state index in [0.717, 1.165) is 11.1 Å². The molecule has 2 aromatic carbocycles. The molecule has 0 radical (unpaired) electrons. The quantitative estimate of drug-likeness (QED) is 0.809. The molecule has 1 unspecified atom stereocenters. The first-order valence-corrected chi connectivity index (χ1v) is 10.2. The lowest BCUT2D eigenvalue weighted by Crippen LogP contribution is -2.49. The maximum Gasteiger partial charge on any atom is 0.243 e. The van der Waals surface area contributed by atoms with Crippen LogP contribution in [0.1, 0.15) is 22.7 Å². The second-order valence-corrected chi connectivity index (χ2v) is 8.68. The highest BCUT2D eigenvalue weighted by molar-refractivity contribution is 7.89. The average molecular weight is 387 g/mol. The molecule has 0 saturated carbocycles. The summed E-state index contributed by atoms with van der Waals surface area (Å²) in [4.78, 5) is 2.11. The second-order valence-electron chi connectivity index (χ2n) is 6.74. The van der Waals surface area contributed by atoms with E-state index in [2.05, 4.69) is 6.07 Å². The van der Waals surface area contributed by atoms with Crippen LogP contribution in [0.2, 0.25) is 0 Å². The van der Waals surface area contributed by atoms with Crippen molar-refractivity contribution in [1.82, 2.24) is 9.21 Å². The monoisotopic (exact) mass is 387 g/mol. The van der Waals surface area contributed by atoms with Crippen molar-refractivity contribution in [2.45, 2.75) is 24.8 Å². The summed E-state index contributed by atoms with van der Waals surface area (Å²) in [7, 11) is -3.67. The van der Waals surface area contributed by atoms with Gasteiger partial charge in [0.15, 0.2) is 0 Å². The minimum atomic E-state index is -3.67. The maximum absolute atomic E-state index is 13.5. The predicted molar refractivity (Wildman–Crippen MR) is 101 cm³/mol. The summed E-state index contributed by atoms with van der Waals surface area (Å²) in [5.74, 6) is -0.422. The van der Waals surface area contributed by atoms with E-state index in [-0.39, 0.29) is 4.90 Å².